The molecule has 2 aromatic carbocycles. The van der Waals surface area contributed by atoms with Gasteiger partial charge in [-0.3, -0.25) is 9.36 Å². The first-order chi connectivity index (χ1) is 19.5. The van der Waals surface area contributed by atoms with E-state index >= 15 is 0 Å². The molecule has 0 spiro atoms. The molecule has 0 unspecified atom stereocenters. The van der Waals surface area contributed by atoms with Crippen LogP contribution in [0, 0.1) is 0 Å². The van der Waals surface area contributed by atoms with Gasteiger partial charge in [-0.25, -0.2) is 9.79 Å². The standard InChI is InChI=1S/C31H31N3O5S/c1-4-38-30(36)26-19(2)32-31-34(28(26)27-22-11-7-6-10-20(22)12-14-23(27)37-3)29(35)24(40-31)18-21-13-15-25(39-21)33-16-8-5-9-17-33/h6-7,10-15,18,28H,4-5,8-9,16-17H2,1-3H3/b24-18+/t28-/m1/s1. The third-order valence-corrected chi connectivity index (χ3v) is 8.48. The normalized spacial score (nSPS) is 17.6. The summed E-state index contributed by atoms with van der Waals surface area (Å²) in [6.07, 6.45) is 5.29. The predicted molar refractivity (Wildman–Crippen MR) is 156 cm³/mol. The smallest absolute Gasteiger partial charge is 0.338 e. The molecule has 1 saturated heterocycles. The number of allylic oxidation sites excluding steroid dienone is 1. The zero-order valence-electron chi connectivity index (χ0n) is 22.8. The fraction of sp³-hybridized carbons (Fsp3) is 0.323. The SMILES string of the molecule is CCOC(=O)C1=C(C)N=c2s/c(=C/c3ccc(N4CCCCC4)o3)c(=O)n2[C@H]1c1c(OC)ccc2ccccc12. The molecule has 2 aromatic heterocycles. The monoisotopic (exact) mass is 557 g/mol. The lowest BCUT2D eigenvalue weighted by atomic mass is 9.90. The molecular formula is C31H31N3O5S. The van der Waals surface area contributed by atoms with Crippen molar-refractivity contribution in [2.24, 2.45) is 4.99 Å². The minimum Gasteiger partial charge on any atom is -0.496 e. The lowest BCUT2D eigenvalue weighted by Crippen LogP contribution is -2.40. The number of aromatic nitrogens is 1. The second-order valence-electron chi connectivity index (χ2n) is 9.93. The molecule has 0 N–H and O–H groups in total. The van der Waals surface area contributed by atoms with Crippen LogP contribution in [0.4, 0.5) is 5.88 Å². The first kappa shape index (κ1) is 26.1. The topological polar surface area (TPSA) is 86.3 Å². The van der Waals surface area contributed by atoms with Gasteiger partial charge in [0.1, 0.15) is 17.6 Å². The average Bonchev–Trinajstić information content (AvgIpc) is 3.56. The number of rotatable bonds is 6. The third kappa shape index (κ3) is 4.54. The molecule has 4 heterocycles. The summed E-state index contributed by atoms with van der Waals surface area (Å²) in [5, 5.41) is 1.86. The highest BCUT2D eigenvalue weighted by atomic mass is 32.1. The van der Waals surface area contributed by atoms with Crippen LogP contribution < -0.4 is 24.5 Å². The second-order valence-corrected chi connectivity index (χ2v) is 10.9. The largest absolute Gasteiger partial charge is 0.496 e. The Labute approximate surface area is 235 Å². The van der Waals surface area contributed by atoms with Crippen LogP contribution in [0.5, 0.6) is 5.75 Å². The van der Waals surface area contributed by atoms with Crippen molar-refractivity contribution in [1.29, 1.82) is 0 Å². The number of fused-ring (bicyclic) bond motifs is 2. The maximum atomic E-state index is 14.1. The zero-order valence-corrected chi connectivity index (χ0v) is 23.6. The van der Waals surface area contributed by atoms with Crippen molar-refractivity contribution in [3.8, 4) is 5.75 Å². The van der Waals surface area contributed by atoms with Gasteiger partial charge in [0.2, 0.25) is 0 Å². The number of methoxy groups -OCH3 is 1. The highest BCUT2D eigenvalue weighted by molar-refractivity contribution is 7.07. The van der Waals surface area contributed by atoms with Crippen molar-refractivity contribution >= 4 is 40.0 Å². The van der Waals surface area contributed by atoms with E-state index in [-0.39, 0.29) is 12.2 Å². The number of esters is 1. The van der Waals surface area contributed by atoms with Gasteiger partial charge in [0, 0.05) is 30.8 Å². The summed E-state index contributed by atoms with van der Waals surface area (Å²) < 4.78 is 19.5. The van der Waals surface area contributed by atoms with Gasteiger partial charge in [-0.05, 0) is 56.0 Å². The van der Waals surface area contributed by atoms with Crippen molar-refractivity contribution in [1.82, 2.24) is 4.57 Å². The number of carbonyl (C=O) groups excluding carboxylic acids is 1. The van der Waals surface area contributed by atoms with E-state index in [1.165, 1.54) is 17.8 Å². The van der Waals surface area contributed by atoms with E-state index < -0.39 is 12.0 Å². The first-order valence-electron chi connectivity index (χ1n) is 13.6. The average molecular weight is 558 g/mol. The number of benzene rings is 2. The number of carbonyl (C=O) groups is 1. The Hall–Kier alpha value is -4.11. The Morgan fingerprint density at radius 1 is 1.12 bits per heavy atom. The Balaban J connectivity index is 1.55. The molecule has 0 amide bonds. The van der Waals surface area contributed by atoms with E-state index in [0.29, 0.717) is 32.1 Å². The molecule has 6 rings (SSSR count). The molecule has 206 valence electrons. The third-order valence-electron chi connectivity index (χ3n) is 7.49. The molecule has 0 aliphatic carbocycles. The van der Waals surface area contributed by atoms with Gasteiger partial charge >= 0.3 is 5.97 Å². The van der Waals surface area contributed by atoms with Gasteiger partial charge in [0.15, 0.2) is 10.7 Å². The molecule has 1 atom stereocenters. The minimum atomic E-state index is -0.779. The lowest BCUT2D eigenvalue weighted by molar-refractivity contribution is -0.139. The summed E-state index contributed by atoms with van der Waals surface area (Å²) >= 11 is 1.28. The van der Waals surface area contributed by atoms with Crippen molar-refractivity contribution in [3.63, 3.8) is 0 Å². The van der Waals surface area contributed by atoms with Crippen LogP contribution >= 0.6 is 11.3 Å². The molecule has 2 aliphatic heterocycles. The van der Waals surface area contributed by atoms with Crippen LogP contribution in [0.3, 0.4) is 0 Å². The second kappa shape index (κ2) is 10.8. The van der Waals surface area contributed by atoms with Crippen LogP contribution in [0.1, 0.15) is 50.5 Å². The number of anilines is 1. The van der Waals surface area contributed by atoms with Crippen LogP contribution in [-0.2, 0) is 9.53 Å². The van der Waals surface area contributed by atoms with Gasteiger partial charge in [-0.1, -0.05) is 41.7 Å². The minimum absolute atomic E-state index is 0.206. The van der Waals surface area contributed by atoms with Gasteiger partial charge in [-0.2, -0.15) is 0 Å². The van der Waals surface area contributed by atoms with Crippen molar-refractivity contribution in [2.45, 2.75) is 39.2 Å². The quantitative estimate of drug-likeness (QED) is 0.324. The van der Waals surface area contributed by atoms with E-state index in [2.05, 4.69) is 4.90 Å². The van der Waals surface area contributed by atoms with Gasteiger partial charge < -0.3 is 18.8 Å². The van der Waals surface area contributed by atoms with E-state index in [4.69, 9.17) is 18.9 Å². The lowest BCUT2D eigenvalue weighted by Gasteiger charge is -2.27. The van der Waals surface area contributed by atoms with Crippen LogP contribution in [0.25, 0.3) is 16.8 Å². The number of nitrogens with zero attached hydrogens (tertiary/aromatic N) is 3. The highest BCUT2D eigenvalue weighted by Crippen LogP contribution is 2.40. The van der Waals surface area contributed by atoms with Crippen molar-refractivity contribution in [2.75, 3.05) is 31.7 Å². The van der Waals surface area contributed by atoms with Gasteiger partial charge in [-0.15, -0.1) is 0 Å². The molecule has 8 nitrogen and oxygen atoms in total. The van der Waals surface area contributed by atoms with E-state index in [0.717, 1.165) is 48.2 Å². The molecule has 0 bridgehead atoms. The number of hydrogen-bond acceptors (Lipinski definition) is 8. The summed E-state index contributed by atoms with van der Waals surface area (Å²) in [6, 6.07) is 14.8. The molecule has 0 saturated carbocycles. The molecule has 0 radical (unpaired) electrons. The molecule has 40 heavy (non-hydrogen) atoms. The van der Waals surface area contributed by atoms with Crippen LogP contribution in [0.2, 0.25) is 0 Å². The Morgan fingerprint density at radius 3 is 2.70 bits per heavy atom. The maximum absolute atomic E-state index is 14.1. The van der Waals surface area contributed by atoms with Crippen LogP contribution in [0.15, 0.2) is 74.0 Å². The number of thiazole rings is 1. The molecule has 4 aromatic rings. The molecule has 2 aliphatic rings. The van der Waals surface area contributed by atoms with Crippen molar-refractivity contribution in [3.05, 3.63) is 90.8 Å². The Kier molecular flexibility index (Phi) is 7.06. The molecular weight excluding hydrogens is 526 g/mol. The molecule has 9 heteroatoms. The summed E-state index contributed by atoms with van der Waals surface area (Å²) in [7, 11) is 1.59. The predicted octanol–water partition coefficient (Wildman–Crippen LogP) is 4.54. The fourth-order valence-electron chi connectivity index (χ4n) is 5.63. The number of hydrogen-bond donors (Lipinski definition) is 0. The van der Waals surface area contributed by atoms with E-state index in [1.807, 2.05) is 48.5 Å². The Bertz CT molecular complexity index is 1810. The molecule has 1 fully saturated rings. The summed E-state index contributed by atoms with van der Waals surface area (Å²) in [5.41, 5.74) is 1.29. The van der Waals surface area contributed by atoms with Crippen molar-refractivity contribution < 1.29 is 18.7 Å². The number of ether oxygens (including phenoxy) is 2. The summed E-state index contributed by atoms with van der Waals surface area (Å²) in [6.45, 7) is 5.69. The van der Waals surface area contributed by atoms with Gasteiger partial charge in [0.05, 0.1) is 29.5 Å². The van der Waals surface area contributed by atoms with E-state index in [9.17, 15) is 9.59 Å². The Morgan fingerprint density at radius 2 is 1.93 bits per heavy atom. The van der Waals surface area contributed by atoms with E-state index in [1.54, 1.807) is 31.6 Å². The van der Waals surface area contributed by atoms with Gasteiger partial charge in [0.25, 0.3) is 5.56 Å². The van der Waals surface area contributed by atoms with Crippen LogP contribution in [-0.4, -0.2) is 37.3 Å². The number of piperidine rings is 1. The first-order valence-corrected chi connectivity index (χ1v) is 14.4. The highest BCUT2D eigenvalue weighted by Gasteiger charge is 2.36. The zero-order chi connectivity index (χ0) is 27.8. The summed E-state index contributed by atoms with van der Waals surface area (Å²) in [4.78, 5) is 34.9. The summed E-state index contributed by atoms with van der Waals surface area (Å²) in [5.74, 6) is 1.49. The fourth-order valence-corrected chi connectivity index (χ4v) is 6.66. The number of furan rings is 1. The maximum Gasteiger partial charge on any atom is 0.338 e.